The molecule has 2 aromatic rings. The summed E-state index contributed by atoms with van der Waals surface area (Å²) in [4.78, 5) is 0. The summed E-state index contributed by atoms with van der Waals surface area (Å²) < 4.78 is 5.28. The van der Waals surface area contributed by atoms with Gasteiger partial charge in [-0.15, -0.1) is 0 Å². The molecule has 0 aromatic heterocycles. The standard InChI is InChI=1S/C14H16N2O/c1-10-7-8-11(15)13(9-10)16-12-5-3-4-6-14(12)17-2/h3-9,16H,15H2,1-2H3. The zero-order chi connectivity index (χ0) is 12.3. The lowest BCUT2D eigenvalue weighted by Gasteiger charge is -2.13. The fourth-order valence-electron chi connectivity index (χ4n) is 1.67. The quantitative estimate of drug-likeness (QED) is 0.792. The van der Waals surface area contributed by atoms with Crippen LogP contribution < -0.4 is 15.8 Å². The number of anilines is 3. The van der Waals surface area contributed by atoms with Crippen molar-refractivity contribution in [1.82, 2.24) is 0 Å². The van der Waals surface area contributed by atoms with E-state index in [-0.39, 0.29) is 0 Å². The minimum Gasteiger partial charge on any atom is -0.495 e. The molecule has 0 unspecified atom stereocenters. The van der Waals surface area contributed by atoms with Gasteiger partial charge in [0.25, 0.3) is 0 Å². The summed E-state index contributed by atoms with van der Waals surface area (Å²) in [6.45, 7) is 2.03. The van der Waals surface area contributed by atoms with E-state index in [1.54, 1.807) is 7.11 Å². The number of aryl methyl sites for hydroxylation is 1. The van der Waals surface area contributed by atoms with Gasteiger partial charge in [-0.05, 0) is 36.8 Å². The smallest absolute Gasteiger partial charge is 0.142 e. The predicted octanol–water partition coefficient (Wildman–Crippen LogP) is 3.33. The van der Waals surface area contributed by atoms with E-state index >= 15 is 0 Å². The molecule has 0 aliphatic heterocycles. The van der Waals surface area contributed by atoms with Crippen LogP contribution >= 0.6 is 0 Å². The molecule has 0 spiro atoms. The Balaban J connectivity index is 2.34. The second-order valence-electron chi connectivity index (χ2n) is 3.92. The highest BCUT2D eigenvalue weighted by atomic mass is 16.5. The molecule has 2 rings (SSSR count). The third kappa shape index (κ3) is 2.50. The first-order valence-electron chi connectivity index (χ1n) is 5.47. The van der Waals surface area contributed by atoms with Crippen molar-refractivity contribution >= 4 is 17.1 Å². The van der Waals surface area contributed by atoms with E-state index in [1.165, 1.54) is 0 Å². The van der Waals surface area contributed by atoms with Gasteiger partial charge in [0.2, 0.25) is 0 Å². The number of nitrogens with one attached hydrogen (secondary N) is 1. The van der Waals surface area contributed by atoms with Crippen molar-refractivity contribution in [2.24, 2.45) is 0 Å². The molecule has 3 heteroatoms. The maximum Gasteiger partial charge on any atom is 0.142 e. The molecule has 3 N–H and O–H groups in total. The summed E-state index contributed by atoms with van der Waals surface area (Å²) in [5, 5.41) is 3.28. The number of nitrogen functional groups attached to an aromatic ring is 1. The number of para-hydroxylation sites is 2. The molecular weight excluding hydrogens is 212 g/mol. The molecule has 0 saturated heterocycles. The van der Waals surface area contributed by atoms with Crippen molar-refractivity contribution in [2.75, 3.05) is 18.2 Å². The van der Waals surface area contributed by atoms with Gasteiger partial charge < -0.3 is 15.8 Å². The van der Waals surface area contributed by atoms with Gasteiger partial charge in [0.15, 0.2) is 0 Å². The predicted molar refractivity (Wildman–Crippen MR) is 71.9 cm³/mol. The van der Waals surface area contributed by atoms with Crippen LogP contribution in [0.2, 0.25) is 0 Å². The van der Waals surface area contributed by atoms with Crippen molar-refractivity contribution in [3.05, 3.63) is 48.0 Å². The summed E-state index contributed by atoms with van der Waals surface area (Å²) in [5.41, 5.74) is 9.62. The van der Waals surface area contributed by atoms with E-state index in [0.29, 0.717) is 0 Å². The minimum absolute atomic E-state index is 0.724. The monoisotopic (exact) mass is 228 g/mol. The molecule has 0 aliphatic carbocycles. The second-order valence-corrected chi connectivity index (χ2v) is 3.92. The first kappa shape index (κ1) is 11.3. The van der Waals surface area contributed by atoms with E-state index in [1.807, 2.05) is 49.4 Å². The Morgan fingerprint density at radius 3 is 2.59 bits per heavy atom. The lowest BCUT2D eigenvalue weighted by molar-refractivity contribution is 0.417. The van der Waals surface area contributed by atoms with Crippen LogP contribution in [-0.4, -0.2) is 7.11 Å². The van der Waals surface area contributed by atoms with Crippen LogP contribution in [0.25, 0.3) is 0 Å². The van der Waals surface area contributed by atoms with Gasteiger partial charge in [-0.3, -0.25) is 0 Å². The van der Waals surface area contributed by atoms with Crippen molar-refractivity contribution < 1.29 is 4.74 Å². The van der Waals surface area contributed by atoms with Gasteiger partial charge in [-0.2, -0.15) is 0 Å². The molecule has 0 aliphatic rings. The summed E-state index contributed by atoms with van der Waals surface area (Å²) in [7, 11) is 1.65. The lowest BCUT2D eigenvalue weighted by atomic mass is 10.2. The van der Waals surface area contributed by atoms with Gasteiger partial charge in [0.05, 0.1) is 24.2 Å². The molecule has 0 amide bonds. The van der Waals surface area contributed by atoms with Gasteiger partial charge in [-0.1, -0.05) is 18.2 Å². The van der Waals surface area contributed by atoms with Crippen LogP contribution in [0, 0.1) is 6.92 Å². The van der Waals surface area contributed by atoms with Crippen LogP contribution in [-0.2, 0) is 0 Å². The molecule has 88 valence electrons. The SMILES string of the molecule is COc1ccccc1Nc1cc(C)ccc1N. The van der Waals surface area contributed by atoms with Crippen LogP contribution in [0.5, 0.6) is 5.75 Å². The second kappa shape index (κ2) is 4.78. The largest absolute Gasteiger partial charge is 0.495 e. The first-order valence-corrected chi connectivity index (χ1v) is 5.47. The van der Waals surface area contributed by atoms with E-state index in [0.717, 1.165) is 28.4 Å². The zero-order valence-electron chi connectivity index (χ0n) is 10.0. The van der Waals surface area contributed by atoms with Gasteiger partial charge in [-0.25, -0.2) is 0 Å². The van der Waals surface area contributed by atoms with Crippen LogP contribution in [0.4, 0.5) is 17.1 Å². The normalized spacial score (nSPS) is 10.0. The summed E-state index contributed by atoms with van der Waals surface area (Å²) in [6, 6.07) is 13.7. The Bertz CT molecular complexity index is 523. The fraction of sp³-hybridized carbons (Fsp3) is 0.143. The minimum atomic E-state index is 0.724. The Morgan fingerprint density at radius 2 is 1.82 bits per heavy atom. The van der Waals surface area contributed by atoms with Crippen LogP contribution in [0.3, 0.4) is 0 Å². The number of methoxy groups -OCH3 is 1. The third-order valence-corrected chi connectivity index (χ3v) is 2.59. The zero-order valence-corrected chi connectivity index (χ0v) is 10.0. The van der Waals surface area contributed by atoms with E-state index < -0.39 is 0 Å². The molecule has 0 bridgehead atoms. The Hall–Kier alpha value is -2.16. The van der Waals surface area contributed by atoms with E-state index in [9.17, 15) is 0 Å². The maximum atomic E-state index is 5.93. The molecule has 17 heavy (non-hydrogen) atoms. The third-order valence-electron chi connectivity index (χ3n) is 2.59. The molecule has 0 heterocycles. The molecular formula is C14H16N2O. The van der Waals surface area contributed by atoms with Crippen molar-refractivity contribution in [3.8, 4) is 5.75 Å². The van der Waals surface area contributed by atoms with Gasteiger partial charge >= 0.3 is 0 Å². The lowest BCUT2D eigenvalue weighted by Crippen LogP contribution is -1.98. The molecule has 0 radical (unpaired) electrons. The van der Waals surface area contributed by atoms with Crippen molar-refractivity contribution in [2.45, 2.75) is 6.92 Å². The number of rotatable bonds is 3. The fourth-order valence-corrected chi connectivity index (χ4v) is 1.67. The van der Waals surface area contributed by atoms with Crippen molar-refractivity contribution in [3.63, 3.8) is 0 Å². The Labute approximate surface area is 101 Å². The number of benzene rings is 2. The summed E-state index contributed by atoms with van der Waals surface area (Å²) in [6.07, 6.45) is 0. The number of hydrogen-bond acceptors (Lipinski definition) is 3. The highest BCUT2D eigenvalue weighted by Crippen LogP contribution is 2.30. The summed E-state index contributed by atoms with van der Waals surface area (Å²) >= 11 is 0. The number of nitrogens with two attached hydrogens (primary N) is 1. The first-order chi connectivity index (χ1) is 8.20. The van der Waals surface area contributed by atoms with Crippen LogP contribution in [0.1, 0.15) is 5.56 Å². The Kier molecular flexibility index (Phi) is 3.19. The highest BCUT2D eigenvalue weighted by Gasteiger charge is 2.04. The molecule has 0 fully saturated rings. The van der Waals surface area contributed by atoms with E-state index in [2.05, 4.69) is 5.32 Å². The molecule has 0 atom stereocenters. The average molecular weight is 228 g/mol. The molecule has 0 saturated carbocycles. The van der Waals surface area contributed by atoms with Crippen molar-refractivity contribution in [1.29, 1.82) is 0 Å². The summed E-state index contributed by atoms with van der Waals surface area (Å²) in [5.74, 6) is 0.799. The molecule has 3 nitrogen and oxygen atoms in total. The van der Waals surface area contributed by atoms with E-state index in [4.69, 9.17) is 10.5 Å². The van der Waals surface area contributed by atoms with Crippen LogP contribution in [0.15, 0.2) is 42.5 Å². The molecule has 2 aromatic carbocycles. The number of ether oxygens (including phenoxy) is 1. The highest BCUT2D eigenvalue weighted by molar-refractivity contribution is 5.75. The average Bonchev–Trinajstić information content (AvgIpc) is 2.34. The van der Waals surface area contributed by atoms with Gasteiger partial charge in [0.1, 0.15) is 5.75 Å². The number of hydrogen-bond donors (Lipinski definition) is 2. The topological polar surface area (TPSA) is 47.3 Å². The Morgan fingerprint density at radius 1 is 1.06 bits per heavy atom. The maximum absolute atomic E-state index is 5.93. The van der Waals surface area contributed by atoms with Gasteiger partial charge in [0, 0.05) is 0 Å².